The lowest BCUT2D eigenvalue weighted by Crippen LogP contribution is -2.61. The topological polar surface area (TPSA) is 533 Å². The number of amides is 13. The molecule has 1 rings (SSSR count). The Morgan fingerprint density at radius 1 is 0.441 bits per heavy atom. The van der Waals surface area contributed by atoms with Crippen LogP contribution in [0.3, 0.4) is 0 Å². The summed E-state index contributed by atoms with van der Waals surface area (Å²) in [5, 5.41) is 70.4. The highest BCUT2D eigenvalue weighted by atomic mass is 32.2. The van der Waals surface area contributed by atoms with Crippen LogP contribution in [0.15, 0.2) is 24.3 Å². The van der Waals surface area contributed by atoms with Crippen molar-refractivity contribution in [1.29, 1.82) is 0 Å². The van der Waals surface area contributed by atoms with Crippen LogP contribution in [0.2, 0.25) is 0 Å². The SMILES string of the molecule is CCCCCCCCCCCCCCCC(=O)N[C@@H](CCSC)C(=O)NCC(=O)N[C@@H](Cc1ccc(O)cc1)C(=O)N[C@@H](CCC(N)=O)C(=O)N[C@@H](CCCCC)C(=O)N[C@@H](CCCCN)C(=O)N[C@@H](CC(C)C)C(=O)N[C@@H](CCCC)C(=O)N[C@@H](CO)C(=O)N[C@@H](C)C(=O)N[C@H](C(=O)N[C@@H](CC(=O)O)C(C)=O)[C@@H](C)O. The second-order valence-electron chi connectivity index (χ2n) is 28.9. The van der Waals surface area contributed by atoms with E-state index in [-0.39, 0.29) is 81.9 Å². The number of ketones is 1. The van der Waals surface area contributed by atoms with Crippen LogP contribution in [0.25, 0.3) is 0 Å². The van der Waals surface area contributed by atoms with Gasteiger partial charge in [0.25, 0.3) is 0 Å². The number of primary amides is 1. The van der Waals surface area contributed by atoms with E-state index in [2.05, 4.69) is 70.7 Å². The molecule has 13 amide bonds. The minimum atomic E-state index is -1.74. The van der Waals surface area contributed by atoms with Crippen molar-refractivity contribution < 1.29 is 92.3 Å². The van der Waals surface area contributed by atoms with Gasteiger partial charge in [-0.05, 0) is 121 Å². The second kappa shape index (κ2) is 58.4. The first-order valence-corrected chi connectivity index (χ1v) is 41.0. The van der Waals surface area contributed by atoms with Gasteiger partial charge in [0, 0.05) is 19.3 Å². The van der Waals surface area contributed by atoms with E-state index in [1.807, 2.05) is 13.2 Å². The molecule has 0 aliphatic rings. The van der Waals surface area contributed by atoms with Crippen molar-refractivity contribution in [3.63, 3.8) is 0 Å². The average molecular weight is 1590 g/mol. The van der Waals surface area contributed by atoms with Crippen LogP contribution in [0.1, 0.15) is 247 Å². The third kappa shape index (κ3) is 44.4. The molecule has 0 spiro atoms. The maximum atomic E-state index is 14.7. The summed E-state index contributed by atoms with van der Waals surface area (Å²) < 4.78 is 0. The summed E-state index contributed by atoms with van der Waals surface area (Å²) in [6, 6.07) is -10.3. The fourth-order valence-corrected chi connectivity index (χ4v) is 12.3. The minimum Gasteiger partial charge on any atom is -0.508 e. The standard InChI is InChI=1S/C77H132N14O19S/c1-10-13-16-17-18-19-20-21-22-23-24-25-27-33-64(97)82-58(40-42-111-9)69(102)80-46-65(98)83-61(44-52-34-36-53(95)37-35-52)75(108)87-57(38-39-63(79)96)73(106)85-55(31-26-14-11-2)70(103)84-56(32-28-29-41-78)71(104)89-60(43-48(4)5)74(107)86-54(30-15-12-3)72(105)90-62(47-92)76(109)81-49(6)68(101)91-67(51(8)94)77(110)88-59(50(7)93)45-66(99)100/h34-37,48-49,51,54-62,67,92,94-95H,10-33,38-47,78H2,1-9H3,(H2,79,96)(H,80,102)(H,81,109)(H,82,97)(H,83,98)(H,84,103)(H,85,106)(H,86,107)(H,87,108)(H,88,110)(H,89,104)(H,90,105)(H,91,101)(H,99,100)/t49-,51+,54-,55-,56-,57-,58-,59-,60-,61-,62-,67-/m0/s1. The predicted molar refractivity (Wildman–Crippen MR) is 421 cm³/mol. The van der Waals surface area contributed by atoms with Crippen LogP contribution < -0.4 is 75.3 Å². The summed E-state index contributed by atoms with van der Waals surface area (Å²) in [5.74, 6) is -13.2. The molecule has 0 aromatic heterocycles. The highest BCUT2D eigenvalue weighted by Gasteiger charge is 2.37. The lowest BCUT2D eigenvalue weighted by Gasteiger charge is -2.28. The number of thioether (sulfide) groups is 1. The molecular weight excluding hydrogens is 1460 g/mol. The van der Waals surface area contributed by atoms with E-state index in [1.54, 1.807) is 20.8 Å². The monoisotopic (exact) mass is 1590 g/mol. The first-order chi connectivity index (χ1) is 52.7. The molecule has 12 atom stereocenters. The van der Waals surface area contributed by atoms with Crippen LogP contribution in [-0.4, -0.2) is 213 Å². The smallest absolute Gasteiger partial charge is 0.305 e. The Balaban J connectivity index is 3.46. The molecule has 0 heterocycles. The van der Waals surface area contributed by atoms with E-state index in [1.165, 1.54) is 94.3 Å². The molecule has 34 heteroatoms. The molecule has 0 bridgehead atoms. The van der Waals surface area contributed by atoms with Crippen LogP contribution >= 0.6 is 11.8 Å². The molecule has 0 radical (unpaired) electrons. The number of aromatic hydroxyl groups is 1. The maximum Gasteiger partial charge on any atom is 0.305 e. The number of Topliss-reactive ketones (excluding diaryl/α,β-unsaturated/α-hetero) is 1. The molecule has 20 N–H and O–H groups in total. The number of aliphatic hydroxyl groups is 2. The summed E-state index contributed by atoms with van der Waals surface area (Å²) in [6.45, 7) is 11.3. The van der Waals surface area contributed by atoms with E-state index >= 15 is 0 Å². The number of rotatable bonds is 63. The minimum absolute atomic E-state index is 0.00593. The fraction of sp³-hybridized carbons (Fsp3) is 0.727. The number of hydrogen-bond donors (Lipinski definition) is 18. The van der Waals surface area contributed by atoms with Gasteiger partial charge in [0.2, 0.25) is 76.8 Å². The molecular formula is C77H132N14O19S. The van der Waals surface area contributed by atoms with E-state index in [0.717, 1.165) is 39.5 Å². The molecule has 0 saturated carbocycles. The largest absolute Gasteiger partial charge is 0.508 e. The van der Waals surface area contributed by atoms with Crippen molar-refractivity contribution in [3.8, 4) is 5.75 Å². The normalized spacial score (nSPS) is 14.4. The van der Waals surface area contributed by atoms with Gasteiger partial charge < -0.3 is 95.7 Å². The van der Waals surface area contributed by atoms with Gasteiger partial charge in [-0.25, -0.2) is 0 Å². The van der Waals surface area contributed by atoms with Crippen molar-refractivity contribution in [2.45, 2.75) is 321 Å². The Labute approximate surface area is 658 Å². The number of unbranched alkanes of at least 4 members (excludes halogenated alkanes) is 16. The van der Waals surface area contributed by atoms with E-state index < -0.39 is 181 Å². The second-order valence-corrected chi connectivity index (χ2v) is 29.9. The molecule has 0 aliphatic carbocycles. The summed E-state index contributed by atoms with van der Waals surface area (Å²) in [4.78, 5) is 203. The average Bonchev–Trinajstić information content (AvgIpc) is 0.856. The van der Waals surface area contributed by atoms with Gasteiger partial charge in [0.1, 0.15) is 66.2 Å². The zero-order chi connectivity index (χ0) is 83.4. The summed E-state index contributed by atoms with van der Waals surface area (Å²) in [7, 11) is 0. The molecule has 0 unspecified atom stereocenters. The maximum absolute atomic E-state index is 14.7. The van der Waals surface area contributed by atoms with Gasteiger partial charge in [-0.15, -0.1) is 0 Å². The number of nitrogens with two attached hydrogens (primary N) is 2. The molecule has 1 aromatic carbocycles. The number of phenols is 1. The Morgan fingerprint density at radius 3 is 1.33 bits per heavy atom. The summed E-state index contributed by atoms with van der Waals surface area (Å²) in [5.41, 5.74) is 11.9. The van der Waals surface area contributed by atoms with Crippen molar-refractivity contribution in [3.05, 3.63) is 29.8 Å². The lowest BCUT2D eigenvalue weighted by atomic mass is 10.00. The van der Waals surface area contributed by atoms with Crippen LogP contribution in [0.4, 0.5) is 0 Å². The third-order valence-corrected chi connectivity index (χ3v) is 19.1. The number of nitrogens with one attached hydrogen (secondary N) is 12. The van der Waals surface area contributed by atoms with Gasteiger partial charge in [0.15, 0.2) is 5.78 Å². The van der Waals surface area contributed by atoms with E-state index in [9.17, 15) is 92.3 Å². The number of hydrogen-bond acceptors (Lipinski definition) is 20. The number of phenolic OH excluding ortho intramolecular Hbond substituents is 1. The van der Waals surface area contributed by atoms with E-state index in [4.69, 9.17) is 11.5 Å². The zero-order valence-electron chi connectivity index (χ0n) is 66.8. The van der Waals surface area contributed by atoms with Gasteiger partial charge in [-0.3, -0.25) is 71.9 Å². The molecule has 1 aromatic rings. The predicted octanol–water partition coefficient (Wildman–Crippen LogP) is 2.29. The molecule has 33 nitrogen and oxygen atoms in total. The van der Waals surface area contributed by atoms with E-state index in [0.29, 0.717) is 56.3 Å². The fourth-order valence-electron chi connectivity index (χ4n) is 11.9. The molecule has 0 aliphatic heterocycles. The Hall–Kier alpha value is -8.50. The quantitative estimate of drug-likeness (QED) is 0.0416. The van der Waals surface area contributed by atoms with Gasteiger partial charge >= 0.3 is 5.97 Å². The number of carbonyl (C=O) groups is 15. The first kappa shape index (κ1) is 101. The molecule has 0 saturated heterocycles. The Morgan fingerprint density at radius 2 is 0.865 bits per heavy atom. The first-order valence-electron chi connectivity index (χ1n) is 39.6. The number of carboxylic acid groups (broad SMARTS) is 1. The van der Waals surface area contributed by atoms with Gasteiger partial charge in [0.05, 0.1) is 31.7 Å². The van der Waals surface area contributed by atoms with Crippen LogP contribution in [0.5, 0.6) is 5.75 Å². The van der Waals surface area contributed by atoms with Crippen molar-refractivity contribution in [1.82, 2.24) is 63.8 Å². The number of benzene rings is 1. The molecule has 111 heavy (non-hydrogen) atoms. The highest BCUT2D eigenvalue weighted by molar-refractivity contribution is 7.98. The number of carbonyl (C=O) groups excluding carboxylic acids is 14. The van der Waals surface area contributed by atoms with Gasteiger partial charge in [-0.2, -0.15) is 11.8 Å². The lowest BCUT2D eigenvalue weighted by molar-refractivity contribution is -0.141. The zero-order valence-corrected chi connectivity index (χ0v) is 67.6. The van der Waals surface area contributed by atoms with Crippen molar-refractivity contribution >= 4 is 100 Å². The van der Waals surface area contributed by atoms with Gasteiger partial charge in [-0.1, -0.05) is 156 Å². The summed E-state index contributed by atoms with van der Waals surface area (Å²) >= 11 is 1.47. The molecule has 0 fully saturated rings. The van der Waals surface area contributed by atoms with Crippen molar-refractivity contribution in [2.24, 2.45) is 17.4 Å². The Kier molecular flexibility index (Phi) is 52.9. The Bertz CT molecular complexity index is 3060. The number of aliphatic carboxylic acids is 1. The molecule has 630 valence electrons. The highest BCUT2D eigenvalue weighted by Crippen LogP contribution is 2.17. The van der Waals surface area contributed by atoms with Crippen LogP contribution in [0, 0.1) is 5.92 Å². The van der Waals surface area contributed by atoms with Crippen LogP contribution in [-0.2, 0) is 78.3 Å². The number of aliphatic hydroxyl groups excluding tert-OH is 2. The number of carboxylic acids is 1. The third-order valence-electron chi connectivity index (χ3n) is 18.5. The summed E-state index contributed by atoms with van der Waals surface area (Å²) in [6.07, 6.45) is 17.0. The van der Waals surface area contributed by atoms with Crippen molar-refractivity contribution in [2.75, 3.05) is 31.7 Å².